The van der Waals surface area contributed by atoms with Crippen LogP contribution in [0.25, 0.3) is 0 Å². The van der Waals surface area contributed by atoms with Gasteiger partial charge in [0.05, 0.1) is 6.54 Å². The molecule has 0 saturated carbocycles. The van der Waals surface area contributed by atoms with E-state index in [0.717, 1.165) is 18.6 Å². The lowest BCUT2D eigenvalue weighted by atomic mass is 10.1. The van der Waals surface area contributed by atoms with Crippen LogP contribution in [0.5, 0.6) is 0 Å². The number of aromatic nitrogens is 3. The van der Waals surface area contributed by atoms with Crippen LogP contribution < -0.4 is 0 Å². The Balaban J connectivity index is 2.14. The van der Waals surface area contributed by atoms with Gasteiger partial charge in [-0.2, -0.15) is 17.3 Å². The van der Waals surface area contributed by atoms with Gasteiger partial charge < -0.3 is 10.1 Å². The van der Waals surface area contributed by atoms with E-state index in [-0.39, 0.29) is 5.95 Å². The molecule has 0 aromatic carbocycles. The Kier molecular flexibility index (Phi) is 8.04. The molecule has 0 atom stereocenters. The molecule has 19 heavy (non-hydrogen) atoms. The van der Waals surface area contributed by atoms with Crippen molar-refractivity contribution in [3.63, 3.8) is 0 Å². The first-order chi connectivity index (χ1) is 9.15. The number of nitrogens with zero attached hydrogens (tertiary/aromatic N) is 4. The second-order valence-corrected chi connectivity index (χ2v) is 5.52. The Labute approximate surface area is 126 Å². The summed E-state index contributed by atoms with van der Waals surface area (Å²) in [5.41, 5.74) is 0. The van der Waals surface area contributed by atoms with Crippen molar-refractivity contribution in [3.8, 4) is 0 Å². The fourth-order valence-electron chi connectivity index (χ4n) is 1.79. The topological polar surface area (TPSA) is 73.8 Å². The smallest absolute Gasteiger partial charge is 0.390 e. The third-order valence-electron chi connectivity index (χ3n) is 2.81. The summed E-state index contributed by atoms with van der Waals surface area (Å²) in [5, 5.41) is 14.3. The summed E-state index contributed by atoms with van der Waals surface area (Å²) in [6.07, 6.45) is 8.22. The van der Waals surface area contributed by atoms with Crippen LogP contribution in [0.1, 0.15) is 44.9 Å². The Morgan fingerprint density at radius 2 is 1.74 bits per heavy atom. The van der Waals surface area contributed by atoms with E-state index in [1.807, 2.05) is 0 Å². The summed E-state index contributed by atoms with van der Waals surface area (Å²) in [4.78, 5) is 13.6. The van der Waals surface area contributed by atoms with Gasteiger partial charge in [-0.1, -0.05) is 32.1 Å². The zero-order valence-electron chi connectivity index (χ0n) is 10.8. The fourth-order valence-corrected chi connectivity index (χ4v) is 2.43. The summed E-state index contributed by atoms with van der Waals surface area (Å²) in [6.45, 7) is 0.665. The molecular weight excluding hydrogens is 332 g/mol. The summed E-state index contributed by atoms with van der Waals surface area (Å²) >= 11 is 7.35. The molecule has 8 heteroatoms. The fraction of sp³-hybridized carbons (Fsp3) is 0.818. The highest BCUT2D eigenvalue weighted by Gasteiger charge is 2.18. The highest BCUT2D eigenvalue weighted by molar-refractivity contribution is 9.10. The minimum atomic E-state index is -0.581. The van der Waals surface area contributed by atoms with E-state index < -0.39 is 4.92 Å². The maximum Gasteiger partial charge on any atom is 0.492 e. The first kappa shape index (κ1) is 16.4. The molecule has 0 radical (unpaired) electrons. The first-order valence-corrected chi connectivity index (χ1v) is 7.93. The SMILES string of the molecule is O=[N+]([O-])c1nc(Br)n(CCCCCCCCCS)n1. The van der Waals surface area contributed by atoms with E-state index >= 15 is 0 Å². The van der Waals surface area contributed by atoms with E-state index in [0.29, 0.717) is 11.3 Å². The number of thiol groups is 1. The van der Waals surface area contributed by atoms with Crippen LogP contribution in [0.15, 0.2) is 4.73 Å². The van der Waals surface area contributed by atoms with Gasteiger partial charge in [-0.3, -0.25) is 0 Å². The van der Waals surface area contributed by atoms with Gasteiger partial charge >= 0.3 is 5.95 Å². The van der Waals surface area contributed by atoms with E-state index in [1.54, 1.807) is 4.68 Å². The lowest BCUT2D eigenvalue weighted by Crippen LogP contribution is -2.01. The van der Waals surface area contributed by atoms with E-state index in [9.17, 15) is 10.1 Å². The van der Waals surface area contributed by atoms with Crippen molar-refractivity contribution in [1.82, 2.24) is 14.8 Å². The van der Waals surface area contributed by atoms with Crippen molar-refractivity contribution in [2.45, 2.75) is 51.5 Å². The van der Waals surface area contributed by atoms with Crippen molar-refractivity contribution in [2.75, 3.05) is 5.75 Å². The number of hydrogen-bond acceptors (Lipinski definition) is 5. The van der Waals surface area contributed by atoms with E-state index in [4.69, 9.17) is 0 Å². The molecule has 1 rings (SSSR count). The first-order valence-electron chi connectivity index (χ1n) is 6.50. The Bertz CT molecular complexity index is 400. The molecular formula is C11H19BrN4O2S. The maximum absolute atomic E-state index is 10.5. The molecule has 0 aliphatic rings. The second-order valence-electron chi connectivity index (χ2n) is 4.36. The minimum absolute atomic E-state index is 0.348. The van der Waals surface area contributed by atoms with Crippen LogP contribution in [0.4, 0.5) is 5.95 Å². The third-order valence-corrected chi connectivity index (χ3v) is 3.71. The predicted octanol–water partition coefficient (Wildman–Crippen LogP) is 3.61. The molecule has 6 nitrogen and oxygen atoms in total. The summed E-state index contributed by atoms with van der Waals surface area (Å²) in [6, 6.07) is 0. The quantitative estimate of drug-likeness (QED) is 0.302. The van der Waals surface area contributed by atoms with Gasteiger partial charge in [0.1, 0.15) is 0 Å². The van der Waals surface area contributed by atoms with Crippen LogP contribution in [0.2, 0.25) is 0 Å². The molecule has 0 N–H and O–H groups in total. The third kappa shape index (κ3) is 6.38. The Morgan fingerprint density at radius 3 is 2.26 bits per heavy atom. The number of halogens is 1. The maximum atomic E-state index is 10.5. The van der Waals surface area contributed by atoms with Gasteiger partial charge in [0, 0.05) is 21.0 Å². The second kappa shape index (κ2) is 9.30. The van der Waals surface area contributed by atoms with Crippen molar-refractivity contribution in [2.24, 2.45) is 0 Å². The van der Waals surface area contributed by atoms with Gasteiger partial charge in [-0.15, -0.1) is 0 Å². The lowest BCUT2D eigenvalue weighted by Gasteiger charge is -2.00. The van der Waals surface area contributed by atoms with Crippen LogP contribution in [0, 0.1) is 10.1 Å². The molecule has 0 amide bonds. The van der Waals surface area contributed by atoms with Crippen molar-refractivity contribution >= 4 is 34.5 Å². The summed E-state index contributed by atoms with van der Waals surface area (Å²) < 4.78 is 1.96. The van der Waals surface area contributed by atoms with E-state index in [1.165, 1.54) is 32.1 Å². The number of aryl methyl sites for hydroxylation is 1. The number of hydrogen-bond donors (Lipinski definition) is 1. The van der Waals surface area contributed by atoms with Crippen LogP contribution in [0.3, 0.4) is 0 Å². The van der Waals surface area contributed by atoms with Gasteiger partial charge in [0.2, 0.25) is 0 Å². The minimum Gasteiger partial charge on any atom is -0.390 e. The van der Waals surface area contributed by atoms with Crippen LogP contribution >= 0.6 is 28.6 Å². The Hall–Kier alpha value is -0.630. The molecule has 1 aromatic rings. The molecule has 1 aromatic heterocycles. The average molecular weight is 351 g/mol. The highest BCUT2D eigenvalue weighted by atomic mass is 79.9. The molecule has 0 aliphatic heterocycles. The van der Waals surface area contributed by atoms with Crippen molar-refractivity contribution in [3.05, 3.63) is 14.8 Å². The molecule has 0 aliphatic carbocycles. The van der Waals surface area contributed by atoms with Crippen molar-refractivity contribution < 1.29 is 4.92 Å². The van der Waals surface area contributed by atoms with Crippen LogP contribution in [-0.2, 0) is 6.54 Å². The summed E-state index contributed by atoms with van der Waals surface area (Å²) in [5.74, 6) is 0.623. The summed E-state index contributed by atoms with van der Waals surface area (Å²) in [7, 11) is 0. The predicted molar refractivity (Wildman–Crippen MR) is 80.5 cm³/mol. The normalized spacial score (nSPS) is 10.8. The Morgan fingerprint density at radius 1 is 1.16 bits per heavy atom. The average Bonchev–Trinajstić information content (AvgIpc) is 2.74. The molecule has 108 valence electrons. The van der Waals surface area contributed by atoms with Crippen molar-refractivity contribution in [1.29, 1.82) is 0 Å². The van der Waals surface area contributed by atoms with Gasteiger partial charge in [0.25, 0.3) is 4.73 Å². The van der Waals surface area contributed by atoms with E-state index in [2.05, 4.69) is 38.6 Å². The zero-order valence-corrected chi connectivity index (χ0v) is 13.3. The lowest BCUT2D eigenvalue weighted by molar-refractivity contribution is -0.394. The molecule has 1 heterocycles. The standard InChI is InChI=1S/C11H19BrN4O2S/c12-10-13-11(16(17)18)14-15(10)8-6-4-2-1-3-5-7-9-19/h19H,1-9H2. The molecule has 0 saturated heterocycles. The molecule has 0 bridgehead atoms. The number of nitro groups is 1. The molecule has 0 fully saturated rings. The monoisotopic (exact) mass is 350 g/mol. The van der Waals surface area contributed by atoms with Gasteiger partial charge in [0.15, 0.2) is 0 Å². The van der Waals surface area contributed by atoms with Gasteiger partial charge in [-0.25, -0.2) is 0 Å². The van der Waals surface area contributed by atoms with Crippen LogP contribution in [-0.4, -0.2) is 25.4 Å². The molecule has 0 unspecified atom stereocenters. The molecule has 0 spiro atoms. The highest BCUT2D eigenvalue weighted by Crippen LogP contribution is 2.14. The number of rotatable bonds is 10. The zero-order chi connectivity index (χ0) is 14.1. The largest absolute Gasteiger partial charge is 0.492 e. The van der Waals surface area contributed by atoms with Gasteiger partial charge in [-0.05, 0) is 28.5 Å². The number of unbranched alkanes of at least 4 members (excludes halogenated alkanes) is 6.